The van der Waals surface area contributed by atoms with Gasteiger partial charge in [0.15, 0.2) is 6.61 Å². The van der Waals surface area contributed by atoms with Crippen LogP contribution in [0.15, 0.2) is 46.9 Å². The van der Waals surface area contributed by atoms with Gasteiger partial charge in [-0.2, -0.15) is 0 Å². The number of benzene rings is 2. The third-order valence-corrected chi connectivity index (χ3v) is 5.03. The highest BCUT2D eigenvalue weighted by Crippen LogP contribution is 2.27. The topological polar surface area (TPSA) is 50.8 Å². The van der Waals surface area contributed by atoms with Crippen molar-refractivity contribution in [2.45, 2.75) is 13.1 Å². The molecule has 1 aliphatic rings. The Balaban J connectivity index is 1.46. The summed E-state index contributed by atoms with van der Waals surface area (Å²) < 4.78 is 11.7. The highest BCUT2D eigenvalue weighted by atomic mass is 79.9. The van der Waals surface area contributed by atoms with Crippen LogP contribution in [0, 0.1) is 0 Å². The van der Waals surface area contributed by atoms with Crippen LogP contribution in [0.2, 0.25) is 5.02 Å². The quantitative estimate of drug-likeness (QED) is 0.695. The molecule has 1 heterocycles. The molecule has 0 atom stereocenters. The SMILES string of the molecule is O=C(COc1ccc(Br)cc1Cl)NCc1cccc(CN2CCOCC2)c1. The fourth-order valence-corrected chi connectivity index (χ4v) is 3.57. The van der Waals surface area contributed by atoms with Crippen molar-refractivity contribution in [3.63, 3.8) is 0 Å². The van der Waals surface area contributed by atoms with Crippen LogP contribution in [-0.4, -0.2) is 43.7 Å². The molecule has 0 spiro atoms. The van der Waals surface area contributed by atoms with Crippen molar-refractivity contribution >= 4 is 33.4 Å². The van der Waals surface area contributed by atoms with Crippen LogP contribution >= 0.6 is 27.5 Å². The van der Waals surface area contributed by atoms with Crippen LogP contribution in [0.3, 0.4) is 0 Å². The summed E-state index contributed by atoms with van der Waals surface area (Å²) in [5.41, 5.74) is 2.30. The highest BCUT2D eigenvalue weighted by Gasteiger charge is 2.11. The second-order valence-electron chi connectivity index (χ2n) is 6.35. The monoisotopic (exact) mass is 452 g/mol. The molecule has 1 N–H and O–H groups in total. The molecule has 0 saturated carbocycles. The van der Waals surface area contributed by atoms with Gasteiger partial charge >= 0.3 is 0 Å². The number of rotatable bonds is 7. The van der Waals surface area contributed by atoms with Crippen LogP contribution in [-0.2, 0) is 22.6 Å². The van der Waals surface area contributed by atoms with Gasteiger partial charge in [-0.05, 0) is 29.3 Å². The third-order valence-electron chi connectivity index (χ3n) is 4.24. The number of halogens is 2. The van der Waals surface area contributed by atoms with E-state index in [-0.39, 0.29) is 12.5 Å². The van der Waals surface area contributed by atoms with E-state index >= 15 is 0 Å². The van der Waals surface area contributed by atoms with Crippen LogP contribution in [0.1, 0.15) is 11.1 Å². The van der Waals surface area contributed by atoms with Crippen molar-refractivity contribution in [2.75, 3.05) is 32.9 Å². The number of morpholine rings is 1. The Labute approximate surface area is 172 Å². The van der Waals surface area contributed by atoms with Crippen molar-refractivity contribution in [1.29, 1.82) is 0 Å². The summed E-state index contributed by atoms with van der Waals surface area (Å²) in [6, 6.07) is 13.6. The molecule has 1 fully saturated rings. The summed E-state index contributed by atoms with van der Waals surface area (Å²) in [4.78, 5) is 14.4. The molecule has 0 aromatic heterocycles. The van der Waals surface area contributed by atoms with E-state index in [0.29, 0.717) is 17.3 Å². The van der Waals surface area contributed by atoms with E-state index in [0.717, 1.165) is 42.9 Å². The van der Waals surface area contributed by atoms with Gasteiger partial charge in [0.1, 0.15) is 5.75 Å². The Bertz CT molecular complexity index is 782. The Morgan fingerprint density at radius 2 is 1.96 bits per heavy atom. The molecule has 7 heteroatoms. The largest absolute Gasteiger partial charge is 0.482 e. The predicted molar refractivity (Wildman–Crippen MR) is 109 cm³/mol. The van der Waals surface area contributed by atoms with Gasteiger partial charge in [-0.1, -0.05) is 51.8 Å². The molecule has 1 amide bonds. The Morgan fingerprint density at radius 3 is 2.74 bits per heavy atom. The van der Waals surface area contributed by atoms with E-state index in [1.807, 2.05) is 18.2 Å². The van der Waals surface area contributed by atoms with Crippen LogP contribution in [0.4, 0.5) is 0 Å². The molecule has 0 unspecified atom stereocenters. The van der Waals surface area contributed by atoms with Gasteiger partial charge in [0.05, 0.1) is 18.2 Å². The van der Waals surface area contributed by atoms with Gasteiger partial charge in [-0.25, -0.2) is 0 Å². The van der Waals surface area contributed by atoms with E-state index in [9.17, 15) is 4.79 Å². The molecule has 144 valence electrons. The number of nitrogens with zero attached hydrogens (tertiary/aromatic N) is 1. The molecule has 2 aromatic rings. The molecule has 5 nitrogen and oxygen atoms in total. The fourth-order valence-electron chi connectivity index (χ4n) is 2.84. The second-order valence-corrected chi connectivity index (χ2v) is 7.67. The molecule has 3 rings (SSSR count). The molecule has 0 bridgehead atoms. The number of ether oxygens (including phenoxy) is 2. The average Bonchev–Trinajstić information content (AvgIpc) is 2.67. The molecule has 1 aliphatic heterocycles. The maximum Gasteiger partial charge on any atom is 0.258 e. The lowest BCUT2D eigenvalue weighted by Gasteiger charge is -2.26. The van der Waals surface area contributed by atoms with Crippen LogP contribution in [0.5, 0.6) is 5.75 Å². The van der Waals surface area contributed by atoms with Crippen molar-refractivity contribution in [1.82, 2.24) is 10.2 Å². The molecule has 27 heavy (non-hydrogen) atoms. The standard InChI is InChI=1S/C20H22BrClN2O3/c21-17-4-5-19(18(22)11-17)27-14-20(25)23-12-15-2-1-3-16(10-15)13-24-6-8-26-9-7-24/h1-5,10-11H,6-9,12-14H2,(H,23,25). The van der Waals surface area contributed by atoms with Gasteiger partial charge < -0.3 is 14.8 Å². The summed E-state index contributed by atoms with van der Waals surface area (Å²) in [6.45, 7) is 4.78. The Kier molecular flexibility index (Phi) is 7.52. The molecule has 0 aliphatic carbocycles. The summed E-state index contributed by atoms with van der Waals surface area (Å²) in [5.74, 6) is 0.301. The Morgan fingerprint density at radius 1 is 1.19 bits per heavy atom. The third kappa shape index (κ3) is 6.50. The van der Waals surface area contributed by atoms with Gasteiger partial charge in [-0.15, -0.1) is 0 Å². The first kappa shape index (κ1) is 20.1. The van der Waals surface area contributed by atoms with Gasteiger partial charge in [-0.3, -0.25) is 9.69 Å². The lowest BCUT2D eigenvalue weighted by molar-refractivity contribution is -0.123. The molecule has 2 aromatic carbocycles. The van der Waals surface area contributed by atoms with Gasteiger partial charge in [0.25, 0.3) is 5.91 Å². The zero-order valence-electron chi connectivity index (χ0n) is 14.9. The van der Waals surface area contributed by atoms with Gasteiger partial charge in [0.2, 0.25) is 0 Å². The van der Waals surface area contributed by atoms with E-state index in [1.54, 1.807) is 12.1 Å². The normalized spacial score (nSPS) is 14.7. The maximum atomic E-state index is 12.1. The fraction of sp³-hybridized carbons (Fsp3) is 0.350. The minimum atomic E-state index is -0.187. The lowest BCUT2D eigenvalue weighted by Crippen LogP contribution is -2.35. The summed E-state index contributed by atoms with van der Waals surface area (Å²) >= 11 is 9.42. The zero-order chi connectivity index (χ0) is 19.1. The Hall–Kier alpha value is -1.60. The number of carbonyl (C=O) groups excluding carboxylic acids is 1. The molecular weight excluding hydrogens is 432 g/mol. The van der Waals surface area contributed by atoms with Crippen molar-refractivity contribution in [2.24, 2.45) is 0 Å². The minimum Gasteiger partial charge on any atom is -0.482 e. The van der Waals surface area contributed by atoms with E-state index < -0.39 is 0 Å². The van der Waals surface area contributed by atoms with Gasteiger partial charge in [0, 0.05) is 30.7 Å². The first-order chi connectivity index (χ1) is 13.1. The first-order valence-electron chi connectivity index (χ1n) is 8.82. The smallest absolute Gasteiger partial charge is 0.258 e. The summed E-state index contributed by atoms with van der Waals surface area (Å²) in [5, 5.41) is 3.35. The summed E-state index contributed by atoms with van der Waals surface area (Å²) in [6.07, 6.45) is 0. The number of hydrogen-bond donors (Lipinski definition) is 1. The van der Waals surface area contributed by atoms with Crippen molar-refractivity contribution in [3.05, 3.63) is 63.1 Å². The average molecular weight is 454 g/mol. The van der Waals surface area contributed by atoms with E-state index in [4.69, 9.17) is 21.1 Å². The number of amides is 1. The zero-order valence-corrected chi connectivity index (χ0v) is 17.3. The predicted octanol–water partition coefficient (Wildman–Crippen LogP) is 3.63. The lowest BCUT2D eigenvalue weighted by atomic mass is 10.1. The van der Waals surface area contributed by atoms with Crippen LogP contribution < -0.4 is 10.1 Å². The number of nitrogens with one attached hydrogen (secondary N) is 1. The van der Waals surface area contributed by atoms with E-state index in [1.165, 1.54) is 5.56 Å². The van der Waals surface area contributed by atoms with Crippen LogP contribution in [0.25, 0.3) is 0 Å². The van der Waals surface area contributed by atoms with Crippen molar-refractivity contribution < 1.29 is 14.3 Å². The molecular formula is C20H22BrClN2O3. The molecule has 0 radical (unpaired) electrons. The van der Waals surface area contributed by atoms with Crippen molar-refractivity contribution in [3.8, 4) is 5.75 Å². The maximum absolute atomic E-state index is 12.1. The second kappa shape index (κ2) is 10.1. The summed E-state index contributed by atoms with van der Waals surface area (Å²) in [7, 11) is 0. The number of carbonyl (C=O) groups is 1. The highest BCUT2D eigenvalue weighted by molar-refractivity contribution is 9.10. The first-order valence-corrected chi connectivity index (χ1v) is 10.00. The number of hydrogen-bond acceptors (Lipinski definition) is 4. The molecule has 1 saturated heterocycles. The minimum absolute atomic E-state index is 0.0746. The van der Waals surface area contributed by atoms with E-state index in [2.05, 4.69) is 38.3 Å².